The lowest BCUT2D eigenvalue weighted by atomic mass is 9.87. The molecule has 0 aromatic heterocycles. The zero-order chi connectivity index (χ0) is 27.8. The zero-order valence-corrected chi connectivity index (χ0v) is 24.8. The fourth-order valence-electron chi connectivity index (χ4n) is 4.38. The molecule has 1 saturated heterocycles. The highest BCUT2D eigenvalue weighted by atomic mass is 28.4. The van der Waals surface area contributed by atoms with Crippen LogP contribution in [0.1, 0.15) is 73.6 Å². The second-order valence-electron chi connectivity index (χ2n) is 11.9. The third kappa shape index (κ3) is 9.36. The van der Waals surface area contributed by atoms with Crippen molar-refractivity contribution in [1.82, 2.24) is 5.32 Å². The average Bonchev–Trinajstić information content (AvgIpc) is 2.76. The molecule has 5 atom stereocenters. The molecule has 1 heterocycles. The van der Waals surface area contributed by atoms with Crippen molar-refractivity contribution in [3.05, 3.63) is 24.3 Å². The molecule has 8 heteroatoms. The van der Waals surface area contributed by atoms with Crippen LogP contribution in [0.2, 0.25) is 18.1 Å². The van der Waals surface area contributed by atoms with E-state index in [2.05, 4.69) is 45.8 Å². The molecule has 0 saturated carbocycles. The fourth-order valence-corrected chi connectivity index (χ4v) is 5.77. The highest BCUT2D eigenvalue weighted by molar-refractivity contribution is 6.74. The van der Waals surface area contributed by atoms with E-state index in [0.29, 0.717) is 32.1 Å². The van der Waals surface area contributed by atoms with Crippen LogP contribution in [-0.4, -0.2) is 56.4 Å². The summed E-state index contributed by atoms with van der Waals surface area (Å²) in [6.07, 6.45) is 4.46. The Morgan fingerprint density at radius 2 is 1.78 bits per heavy atom. The van der Waals surface area contributed by atoms with E-state index < -0.39 is 20.3 Å². The van der Waals surface area contributed by atoms with Crippen molar-refractivity contribution in [2.24, 2.45) is 17.8 Å². The lowest BCUT2D eigenvalue weighted by Gasteiger charge is -2.42. The van der Waals surface area contributed by atoms with Gasteiger partial charge in [-0.05, 0) is 49.4 Å². The molecule has 36 heavy (non-hydrogen) atoms. The number of aliphatic hydroxyl groups excluding tert-OH is 1. The number of amides is 2. The van der Waals surface area contributed by atoms with Gasteiger partial charge in [0, 0.05) is 38.2 Å². The van der Waals surface area contributed by atoms with E-state index in [4.69, 9.17) is 9.16 Å². The first-order valence-electron chi connectivity index (χ1n) is 13.1. The molecule has 1 aliphatic heterocycles. The molecule has 1 rings (SSSR count). The first-order valence-corrected chi connectivity index (χ1v) is 16.0. The van der Waals surface area contributed by atoms with Gasteiger partial charge in [-0.1, -0.05) is 46.8 Å². The second kappa shape index (κ2) is 13.8. The van der Waals surface area contributed by atoms with E-state index >= 15 is 0 Å². The van der Waals surface area contributed by atoms with Crippen molar-refractivity contribution in [3.63, 3.8) is 0 Å². The number of hydrogen-bond donors (Lipinski definition) is 2. The molecule has 0 radical (unpaired) electrons. The first kappa shape index (κ1) is 32.4. The van der Waals surface area contributed by atoms with Crippen LogP contribution in [0.3, 0.4) is 0 Å². The summed E-state index contributed by atoms with van der Waals surface area (Å²) in [6.45, 7) is 20.5. The van der Waals surface area contributed by atoms with Crippen LogP contribution in [-0.2, 0) is 23.5 Å². The maximum atomic E-state index is 12.8. The first-order chi connectivity index (χ1) is 16.5. The third-order valence-electron chi connectivity index (χ3n) is 7.82. The number of methoxy groups -OCH3 is 1. The van der Waals surface area contributed by atoms with Gasteiger partial charge in [0.05, 0.1) is 12.2 Å². The van der Waals surface area contributed by atoms with E-state index in [1.54, 1.807) is 20.1 Å². The normalized spacial score (nSPS) is 20.3. The molecule has 0 aliphatic carbocycles. The van der Waals surface area contributed by atoms with Crippen LogP contribution in [0.5, 0.6) is 0 Å². The standard InChI is InChI=1S/C28H49NO6Si/c1-11-23(34-8)27(35-36(9,10)28(5,6)7)19(3)15-18(2)26(33)20(4)22(30)14-12-13-21-16-24(31)29-25(32)17-21/h11,15,19-21,23,26-27,33H,1,12-14,16-17H2,2-10H3,(H,29,31,32)/t19-,20-,23+,26?,27+/m1/s1. The van der Waals surface area contributed by atoms with Crippen molar-refractivity contribution in [1.29, 1.82) is 0 Å². The SMILES string of the molecule is C=C[C@H](OC)[C@@H](O[Si](C)(C)C(C)(C)C)[C@H](C)C=C(C)C(O)[C@H](C)C(=O)CCCC1CC(=O)NC(=O)C1. The van der Waals surface area contributed by atoms with Crippen molar-refractivity contribution < 1.29 is 28.7 Å². The summed E-state index contributed by atoms with van der Waals surface area (Å²) in [5, 5.41) is 13.3. The molecule has 7 nitrogen and oxygen atoms in total. The van der Waals surface area contributed by atoms with Crippen LogP contribution in [0, 0.1) is 17.8 Å². The minimum Gasteiger partial charge on any atom is -0.410 e. The van der Waals surface area contributed by atoms with Crippen LogP contribution < -0.4 is 5.32 Å². The summed E-state index contributed by atoms with van der Waals surface area (Å²) in [7, 11) is -0.460. The number of nitrogens with one attached hydrogen (secondary N) is 1. The summed E-state index contributed by atoms with van der Waals surface area (Å²) < 4.78 is 12.4. The molecule has 0 spiro atoms. The van der Waals surface area contributed by atoms with Gasteiger partial charge in [-0.15, -0.1) is 6.58 Å². The Morgan fingerprint density at radius 1 is 1.22 bits per heavy atom. The van der Waals surface area contributed by atoms with E-state index in [0.717, 1.165) is 5.57 Å². The predicted molar refractivity (Wildman–Crippen MR) is 146 cm³/mol. The quantitative estimate of drug-likeness (QED) is 0.190. The molecule has 0 aromatic carbocycles. The number of imide groups is 1. The molecule has 1 unspecified atom stereocenters. The van der Waals surface area contributed by atoms with E-state index in [1.807, 2.05) is 19.9 Å². The minimum atomic E-state index is -2.10. The Kier molecular flexibility index (Phi) is 12.4. The number of carbonyl (C=O) groups is 3. The van der Waals surface area contributed by atoms with Crippen molar-refractivity contribution in [2.45, 2.75) is 110 Å². The number of piperidine rings is 1. The third-order valence-corrected chi connectivity index (χ3v) is 12.3. The Balaban J connectivity index is 2.84. The largest absolute Gasteiger partial charge is 0.410 e. The van der Waals surface area contributed by atoms with Gasteiger partial charge in [0.15, 0.2) is 8.32 Å². The maximum Gasteiger partial charge on any atom is 0.226 e. The highest BCUT2D eigenvalue weighted by Crippen LogP contribution is 2.39. The van der Waals surface area contributed by atoms with Gasteiger partial charge in [-0.3, -0.25) is 19.7 Å². The number of aliphatic hydroxyl groups is 1. The van der Waals surface area contributed by atoms with Crippen molar-refractivity contribution >= 4 is 25.9 Å². The van der Waals surface area contributed by atoms with Gasteiger partial charge in [0.1, 0.15) is 11.9 Å². The summed E-state index contributed by atoms with van der Waals surface area (Å²) in [6, 6.07) is 0. The number of rotatable bonds is 14. The lowest BCUT2D eigenvalue weighted by molar-refractivity contribution is -0.134. The van der Waals surface area contributed by atoms with Gasteiger partial charge in [-0.2, -0.15) is 0 Å². The summed E-state index contributed by atoms with van der Waals surface area (Å²) in [4.78, 5) is 35.9. The number of hydrogen-bond acceptors (Lipinski definition) is 6. The molecule has 0 aromatic rings. The number of carbonyl (C=O) groups excluding carboxylic acids is 3. The molecule has 0 bridgehead atoms. The summed E-state index contributed by atoms with van der Waals surface area (Å²) >= 11 is 0. The van der Waals surface area contributed by atoms with Crippen LogP contribution in [0.15, 0.2) is 24.3 Å². The van der Waals surface area contributed by atoms with Crippen molar-refractivity contribution in [2.75, 3.05) is 7.11 Å². The topological polar surface area (TPSA) is 102 Å². The van der Waals surface area contributed by atoms with Crippen molar-refractivity contribution in [3.8, 4) is 0 Å². The number of Topliss-reactive ketones (excluding diaryl/α,β-unsaturated/α-hetero) is 1. The lowest BCUT2D eigenvalue weighted by Crippen LogP contribution is -2.49. The average molecular weight is 524 g/mol. The van der Waals surface area contributed by atoms with Gasteiger partial charge in [0.25, 0.3) is 0 Å². The van der Waals surface area contributed by atoms with Gasteiger partial charge in [-0.25, -0.2) is 0 Å². The number of ether oxygens (including phenoxy) is 1. The summed E-state index contributed by atoms with van der Waals surface area (Å²) in [5.41, 5.74) is 0.723. The van der Waals surface area contributed by atoms with E-state index in [1.165, 1.54) is 0 Å². The van der Waals surface area contributed by atoms with E-state index in [9.17, 15) is 19.5 Å². The maximum absolute atomic E-state index is 12.8. The molecule has 2 amide bonds. The minimum absolute atomic E-state index is 0.0156. The molecule has 1 aliphatic rings. The smallest absolute Gasteiger partial charge is 0.226 e. The Bertz CT molecular complexity index is 799. The highest BCUT2D eigenvalue weighted by Gasteiger charge is 2.41. The Hall–Kier alpha value is -1.61. The molecule has 2 N–H and O–H groups in total. The van der Waals surface area contributed by atoms with Crippen LogP contribution in [0.25, 0.3) is 0 Å². The Morgan fingerprint density at radius 3 is 2.25 bits per heavy atom. The second-order valence-corrected chi connectivity index (χ2v) is 16.6. The molecule has 206 valence electrons. The number of ketones is 1. The zero-order valence-electron chi connectivity index (χ0n) is 23.8. The molecular weight excluding hydrogens is 474 g/mol. The van der Waals surface area contributed by atoms with Crippen LogP contribution >= 0.6 is 0 Å². The van der Waals surface area contributed by atoms with Gasteiger partial charge >= 0.3 is 0 Å². The Labute approximate surface area is 219 Å². The summed E-state index contributed by atoms with van der Waals surface area (Å²) in [5.74, 6) is -1.16. The van der Waals surface area contributed by atoms with Crippen LogP contribution in [0.4, 0.5) is 0 Å². The predicted octanol–water partition coefficient (Wildman–Crippen LogP) is 4.95. The monoisotopic (exact) mass is 523 g/mol. The van der Waals surface area contributed by atoms with Gasteiger partial charge in [0.2, 0.25) is 11.8 Å². The molecule has 1 fully saturated rings. The van der Waals surface area contributed by atoms with Gasteiger partial charge < -0.3 is 14.3 Å². The molecular formula is C28H49NO6Si. The fraction of sp³-hybridized carbons (Fsp3) is 0.750. The van der Waals surface area contributed by atoms with E-state index in [-0.39, 0.29) is 46.7 Å².